The van der Waals surface area contributed by atoms with Crippen LogP contribution in [0.1, 0.15) is 0 Å². The first kappa shape index (κ1) is 5.47. The number of nitrogens with one attached hydrogen (secondary N) is 2. The summed E-state index contributed by atoms with van der Waals surface area (Å²) >= 11 is 0. The summed E-state index contributed by atoms with van der Waals surface area (Å²) in [5.74, 6) is 0. The topological polar surface area (TPSA) is 26.0 Å². The van der Waals surface area contributed by atoms with Crippen LogP contribution in [0.5, 0.6) is 0 Å². The lowest BCUT2D eigenvalue weighted by molar-refractivity contribution is -0.475. The molecule has 2 N–H and O–H groups in total. The second-order valence-electron chi connectivity index (χ2n) is 2.34. The van der Waals surface area contributed by atoms with E-state index in [2.05, 4.69) is 22.5 Å². The standard InChI is InChI=1S/C8H8N2/c1-2-4-8-7(3-1)5-9-6-10-8/h1-6,8H,(H,9,10)/p+1. The Kier molecular flexibility index (Phi) is 1.17. The van der Waals surface area contributed by atoms with Crippen molar-refractivity contribution in [2.45, 2.75) is 6.04 Å². The van der Waals surface area contributed by atoms with Crippen LogP contribution in [0.25, 0.3) is 0 Å². The van der Waals surface area contributed by atoms with Gasteiger partial charge in [-0.05, 0) is 6.08 Å². The van der Waals surface area contributed by atoms with Crippen molar-refractivity contribution in [1.82, 2.24) is 5.32 Å². The van der Waals surface area contributed by atoms with E-state index in [-0.39, 0.29) is 0 Å². The highest BCUT2D eigenvalue weighted by molar-refractivity contribution is 5.53. The van der Waals surface area contributed by atoms with Gasteiger partial charge in [0.2, 0.25) is 6.34 Å². The van der Waals surface area contributed by atoms with Gasteiger partial charge in [-0.25, -0.2) is 0 Å². The first-order valence-electron chi connectivity index (χ1n) is 3.35. The van der Waals surface area contributed by atoms with Crippen LogP contribution >= 0.6 is 0 Å². The average Bonchev–Trinajstić information content (AvgIpc) is 2.05. The number of allylic oxidation sites excluding steroid dienone is 2. The molecule has 2 aliphatic rings. The zero-order chi connectivity index (χ0) is 6.81. The third kappa shape index (κ3) is 0.778. The third-order valence-corrected chi connectivity index (χ3v) is 1.66. The van der Waals surface area contributed by atoms with E-state index in [1.165, 1.54) is 5.57 Å². The van der Waals surface area contributed by atoms with Crippen LogP contribution in [0.4, 0.5) is 0 Å². The van der Waals surface area contributed by atoms with Gasteiger partial charge in [-0.1, -0.05) is 18.2 Å². The van der Waals surface area contributed by atoms with E-state index in [0.717, 1.165) is 0 Å². The van der Waals surface area contributed by atoms with Gasteiger partial charge in [0, 0.05) is 5.57 Å². The van der Waals surface area contributed by atoms with Crippen molar-refractivity contribution in [3.05, 3.63) is 36.1 Å². The van der Waals surface area contributed by atoms with Crippen molar-refractivity contribution in [1.29, 1.82) is 0 Å². The molecule has 0 fully saturated rings. The smallest absolute Gasteiger partial charge is 0.235 e. The highest BCUT2D eigenvalue weighted by atomic mass is 15.0. The average molecular weight is 133 g/mol. The molecule has 0 aromatic rings. The summed E-state index contributed by atoms with van der Waals surface area (Å²) in [5, 5.41) is 3.00. The summed E-state index contributed by atoms with van der Waals surface area (Å²) < 4.78 is 0. The summed E-state index contributed by atoms with van der Waals surface area (Å²) in [5.41, 5.74) is 1.28. The Morgan fingerprint density at radius 2 is 2.40 bits per heavy atom. The van der Waals surface area contributed by atoms with Crippen LogP contribution in [0.15, 0.2) is 36.1 Å². The fraction of sp³-hybridized carbons (Fsp3) is 0.125. The van der Waals surface area contributed by atoms with Gasteiger partial charge in [-0.15, -0.1) is 0 Å². The fourth-order valence-corrected chi connectivity index (χ4v) is 1.12. The molecular formula is C8H9N2+. The molecular weight excluding hydrogens is 124 g/mol. The fourth-order valence-electron chi connectivity index (χ4n) is 1.12. The molecule has 50 valence electrons. The summed E-state index contributed by atoms with van der Waals surface area (Å²) in [7, 11) is 0. The van der Waals surface area contributed by atoms with Crippen molar-refractivity contribution in [3.8, 4) is 0 Å². The van der Waals surface area contributed by atoms with Gasteiger partial charge >= 0.3 is 0 Å². The summed E-state index contributed by atoms with van der Waals surface area (Å²) in [6, 6.07) is 0.381. The highest BCUT2D eigenvalue weighted by Crippen LogP contribution is 2.06. The summed E-state index contributed by atoms with van der Waals surface area (Å²) in [6.07, 6.45) is 12.2. The molecule has 0 aromatic heterocycles. The molecule has 10 heavy (non-hydrogen) atoms. The van der Waals surface area contributed by atoms with E-state index in [0.29, 0.717) is 6.04 Å². The van der Waals surface area contributed by atoms with E-state index in [1.54, 1.807) is 0 Å². The first-order valence-corrected chi connectivity index (χ1v) is 3.35. The van der Waals surface area contributed by atoms with Gasteiger partial charge < -0.3 is 0 Å². The van der Waals surface area contributed by atoms with Crippen LogP contribution in [-0.4, -0.2) is 12.4 Å². The van der Waals surface area contributed by atoms with Gasteiger partial charge in [-0.2, -0.15) is 0 Å². The van der Waals surface area contributed by atoms with Crippen molar-refractivity contribution in [2.75, 3.05) is 0 Å². The van der Waals surface area contributed by atoms with Crippen LogP contribution < -0.4 is 10.3 Å². The zero-order valence-corrected chi connectivity index (χ0v) is 5.54. The summed E-state index contributed by atoms with van der Waals surface area (Å²) in [4.78, 5) is 3.18. The Morgan fingerprint density at radius 1 is 1.40 bits per heavy atom. The maximum atomic E-state index is 3.18. The molecule has 0 spiro atoms. The maximum absolute atomic E-state index is 3.18. The quantitative estimate of drug-likeness (QED) is 0.439. The van der Waals surface area contributed by atoms with E-state index in [4.69, 9.17) is 0 Å². The van der Waals surface area contributed by atoms with E-state index in [1.807, 2.05) is 24.7 Å². The highest BCUT2D eigenvalue weighted by Gasteiger charge is 2.14. The van der Waals surface area contributed by atoms with Crippen molar-refractivity contribution in [3.63, 3.8) is 0 Å². The van der Waals surface area contributed by atoms with E-state index < -0.39 is 0 Å². The minimum absolute atomic E-state index is 0.381. The van der Waals surface area contributed by atoms with Crippen LogP contribution in [0.2, 0.25) is 0 Å². The predicted octanol–water partition coefficient (Wildman–Crippen LogP) is -0.923. The van der Waals surface area contributed by atoms with Crippen LogP contribution in [0.3, 0.4) is 0 Å². The molecule has 0 saturated carbocycles. The van der Waals surface area contributed by atoms with Crippen molar-refractivity contribution in [2.24, 2.45) is 0 Å². The van der Waals surface area contributed by atoms with Gasteiger partial charge in [0.25, 0.3) is 0 Å². The number of rotatable bonds is 0. The normalized spacial score (nSPS) is 27.2. The molecule has 0 aromatic carbocycles. The molecule has 2 heteroatoms. The van der Waals surface area contributed by atoms with Gasteiger partial charge in [-0.3, -0.25) is 10.3 Å². The molecule has 0 saturated heterocycles. The van der Waals surface area contributed by atoms with Gasteiger partial charge in [0.15, 0.2) is 0 Å². The molecule has 0 amide bonds. The van der Waals surface area contributed by atoms with Gasteiger partial charge in [0.1, 0.15) is 6.04 Å². The van der Waals surface area contributed by atoms with Crippen LogP contribution in [0, 0.1) is 0 Å². The predicted molar refractivity (Wildman–Crippen MR) is 40.3 cm³/mol. The lowest BCUT2D eigenvalue weighted by Gasteiger charge is -2.11. The zero-order valence-electron chi connectivity index (χ0n) is 5.54. The minimum atomic E-state index is 0.381. The largest absolute Gasteiger partial charge is 0.270 e. The minimum Gasteiger partial charge on any atom is -0.270 e. The first-order chi connectivity index (χ1) is 4.97. The second kappa shape index (κ2) is 2.14. The Bertz CT molecular complexity index is 246. The molecule has 0 radical (unpaired) electrons. The SMILES string of the molecule is C1=CC2=CNC=[NH+]C2C=C1. The van der Waals surface area contributed by atoms with Crippen molar-refractivity contribution < 1.29 is 4.99 Å². The lowest BCUT2D eigenvalue weighted by atomic mass is 10.0. The molecule has 1 aliphatic heterocycles. The third-order valence-electron chi connectivity index (χ3n) is 1.66. The Labute approximate surface area is 59.7 Å². The molecule has 2 rings (SSSR count). The molecule has 2 nitrogen and oxygen atoms in total. The second-order valence-corrected chi connectivity index (χ2v) is 2.34. The number of hydrogen-bond donors (Lipinski definition) is 2. The molecule has 1 unspecified atom stereocenters. The van der Waals surface area contributed by atoms with E-state index in [9.17, 15) is 0 Å². The molecule has 1 aliphatic carbocycles. The lowest BCUT2D eigenvalue weighted by Crippen LogP contribution is -2.79. The Balaban J connectivity index is 2.33. The Hall–Kier alpha value is -1.31. The van der Waals surface area contributed by atoms with Crippen LogP contribution in [-0.2, 0) is 0 Å². The Morgan fingerprint density at radius 3 is 3.30 bits per heavy atom. The maximum Gasteiger partial charge on any atom is 0.235 e. The molecule has 1 heterocycles. The van der Waals surface area contributed by atoms with E-state index >= 15 is 0 Å². The van der Waals surface area contributed by atoms with Crippen molar-refractivity contribution >= 4 is 6.34 Å². The molecule has 1 atom stereocenters. The molecule has 0 bridgehead atoms. The van der Waals surface area contributed by atoms with Gasteiger partial charge in [0.05, 0.1) is 6.20 Å². The number of hydrogen-bond acceptors (Lipinski definition) is 1. The monoisotopic (exact) mass is 133 g/mol. The summed E-state index contributed by atoms with van der Waals surface area (Å²) in [6.45, 7) is 0. The number of fused-ring (bicyclic) bond motifs is 1.